The van der Waals surface area contributed by atoms with Crippen molar-refractivity contribution in [3.05, 3.63) is 12.1 Å². The van der Waals surface area contributed by atoms with E-state index in [0.717, 1.165) is 51.4 Å². The zero-order valence-corrected chi connectivity index (χ0v) is 12.4. The summed E-state index contributed by atoms with van der Waals surface area (Å²) in [6.07, 6.45) is 2.23. The maximum absolute atomic E-state index is 5.70. The van der Waals surface area contributed by atoms with E-state index in [2.05, 4.69) is 37.3 Å². The van der Waals surface area contributed by atoms with E-state index >= 15 is 0 Å². The third-order valence-corrected chi connectivity index (χ3v) is 4.18. The van der Waals surface area contributed by atoms with Gasteiger partial charge in [0.25, 0.3) is 0 Å². The van der Waals surface area contributed by atoms with Crippen LogP contribution >= 0.6 is 0 Å². The summed E-state index contributed by atoms with van der Waals surface area (Å²) in [5.74, 6) is 0.932. The zero-order chi connectivity index (χ0) is 14.7. The number of nitrogens with two attached hydrogens (primary N) is 1. The van der Waals surface area contributed by atoms with Crippen LogP contribution in [0.5, 0.6) is 0 Å². The first kappa shape index (κ1) is 14.2. The molecule has 0 saturated carbocycles. The summed E-state index contributed by atoms with van der Waals surface area (Å²) in [5, 5.41) is 15.8. The minimum atomic E-state index is 0.604. The molecular weight excluding hydrogens is 268 g/mol. The summed E-state index contributed by atoms with van der Waals surface area (Å²) in [6.45, 7) is 7.04. The van der Waals surface area contributed by atoms with E-state index in [4.69, 9.17) is 5.73 Å². The van der Waals surface area contributed by atoms with Gasteiger partial charge in [0.05, 0.1) is 0 Å². The molecule has 0 radical (unpaired) electrons. The van der Waals surface area contributed by atoms with E-state index in [1.807, 2.05) is 12.1 Å². The van der Waals surface area contributed by atoms with Crippen molar-refractivity contribution in [2.75, 3.05) is 37.6 Å². The van der Waals surface area contributed by atoms with E-state index in [9.17, 15) is 0 Å². The lowest BCUT2D eigenvalue weighted by atomic mass is 10.1. The van der Waals surface area contributed by atoms with Crippen molar-refractivity contribution in [3.8, 4) is 0 Å². The molecule has 8 heteroatoms. The van der Waals surface area contributed by atoms with Gasteiger partial charge in [-0.05, 0) is 41.9 Å². The molecule has 2 N–H and O–H groups in total. The Morgan fingerprint density at radius 2 is 2.05 bits per heavy atom. The number of hydrogen-bond acceptors (Lipinski definition) is 7. The van der Waals surface area contributed by atoms with Crippen LogP contribution < -0.4 is 10.6 Å². The van der Waals surface area contributed by atoms with Gasteiger partial charge in [0.15, 0.2) is 11.5 Å². The molecule has 0 bridgehead atoms. The van der Waals surface area contributed by atoms with Crippen molar-refractivity contribution in [3.63, 3.8) is 0 Å². The lowest BCUT2D eigenvalue weighted by Gasteiger charge is -2.39. The topological polar surface area (TPSA) is 88.5 Å². The molecule has 1 atom stereocenters. The SMILES string of the molecule is CCC(CCN)N1CCN(c2ccc3nnnn3n2)CC1. The Morgan fingerprint density at radius 1 is 1.24 bits per heavy atom. The predicted molar refractivity (Wildman–Crippen MR) is 80.1 cm³/mol. The Kier molecular flexibility index (Phi) is 4.26. The normalized spacial score (nSPS) is 18.3. The Labute approximate surface area is 123 Å². The second-order valence-electron chi connectivity index (χ2n) is 5.38. The van der Waals surface area contributed by atoms with Crippen LogP contribution in [0.25, 0.3) is 5.65 Å². The number of tetrazole rings is 1. The smallest absolute Gasteiger partial charge is 0.200 e. The van der Waals surface area contributed by atoms with Crippen LogP contribution in [0.3, 0.4) is 0 Å². The van der Waals surface area contributed by atoms with Gasteiger partial charge in [0.1, 0.15) is 0 Å². The monoisotopic (exact) mass is 290 g/mol. The van der Waals surface area contributed by atoms with Gasteiger partial charge in [0.2, 0.25) is 0 Å². The minimum absolute atomic E-state index is 0.604. The van der Waals surface area contributed by atoms with Gasteiger partial charge in [0, 0.05) is 32.2 Å². The summed E-state index contributed by atoms with van der Waals surface area (Å²) in [4.78, 5) is 4.83. The highest BCUT2D eigenvalue weighted by Crippen LogP contribution is 2.16. The molecule has 0 aromatic carbocycles. The van der Waals surface area contributed by atoms with Crippen molar-refractivity contribution < 1.29 is 0 Å². The first-order valence-electron chi connectivity index (χ1n) is 7.56. The third-order valence-electron chi connectivity index (χ3n) is 4.18. The van der Waals surface area contributed by atoms with Gasteiger partial charge in [-0.1, -0.05) is 6.92 Å². The molecule has 0 spiro atoms. The van der Waals surface area contributed by atoms with Crippen LogP contribution in [0.15, 0.2) is 12.1 Å². The fraction of sp³-hybridized carbons (Fsp3) is 0.692. The Morgan fingerprint density at radius 3 is 2.76 bits per heavy atom. The van der Waals surface area contributed by atoms with Crippen molar-refractivity contribution >= 4 is 11.5 Å². The number of hydrogen-bond donors (Lipinski definition) is 1. The van der Waals surface area contributed by atoms with Gasteiger partial charge >= 0.3 is 0 Å². The lowest BCUT2D eigenvalue weighted by molar-refractivity contribution is 0.173. The van der Waals surface area contributed by atoms with Crippen LogP contribution in [-0.2, 0) is 0 Å². The number of aromatic nitrogens is 5. The van der Waals surface area contributed by atoms with Crippen LogP contribution in [0.2, 0.25) is 0 Å². The molecule has 0 aliphatic carbocycles. The van der Waals surface area contributed by atoms with Crippen molar-refractivity contribution in [2.24, 2.45) is 5.73 Å². The molecule has 2 aromatic rings. The zero-order valence-electron chi connectivity index (χ0n) is 12.4. The lowest BCUT2D eigenvalue weighted by Crippen LogP contribution is -2.51. The highest BCUT2D eigenvalue weighted by Gasteiger charge is 2.23. The summed E-state index contributed by atoms with van der Waals surface area (Å²) >= 11 is 0. The van der Waals surface area contributed by atoms with Crippen molar-refractivity contribution in [1.29, 1.82) is 0 Å². The third kappa shape index (κ3) is 2.96. The van der Waals surface area contributed by atoms with Crippen LogP contribution in [0.4, 0.5) is 5.82 Å². The standard InChI is InChI=1S/C13H22N8/c1-2-11(5-6-14)19-7-9-20(10-8-19)13-4-3-12-15-17-18-21(12)16-13/h3-4,11H,2,5-10,14H2,1H3. The summed E-state index contributed by atoms with van der Waals surface area (Å²) in [7, 11) is 0. The van der Waals surface area contributed by atoms with Gasteiger partial charge in [-0.15, -0.1) is 14.8 Å². The predicted octanol–water partition coefficient (Wildman–Crippen LogP) is -0.231. The number of fused-ring (bicyclic) bond motifs is 1. The van der Waals surface area contributed by atoms with E-state index in [1.54, 1.807) is 0 Å². The molecule has 21 heavy (non-hydrogen) atoms. The fourth-order valence-corrected chi connectivity index (χ4v) is 2.96. The largest absolute Gasteiger partial charge is 0.353 e. The number of rotatable bonds is 5. The fourth-order valence-electron chi connectivity index (χ4n) is 2.96. The molecule has 1 aliphatic rings. The number of anilines is 1. The average Bonchev–Trinajstić information content (AvgIpc) is 3.00. The minimum Gasteiger partial charge on any atom is -0.353 e. The van der Waals surface area contributed by atoms with E-state index in [0.29, 0.717) is 11.7 Å². The summed E-state index contributed by atoms with van der Waals surface area (Å²) in [6, 6.07) is 4.49. The molecule has 3 heterocycles. The molecule has 1 fully saturated rings. The Balaban J connectivity index is 1.64. The highest BCUT2D eigenvalue weighted by molar-refractivity contribution is 5.44. The molecule has 1 aliphatic heterocycles. The van der Waals surface area contributed by atoms with Gasteiger partial charge in [-0.2, -0.15) is 0 Å². The van der Waals surface area contributed by atoms with E-state index in [1.165, 1.54) is 4.63 Å². The Hall–Kier alpha value is -1.80. The van der Waals surface area contributed by atoms with Crippen LogP contribution in [0, 0.1) is 0 Å². The van der Waals surface area contributed by atoms with Crippen LogP contribution in [0.1, 0.15) is 19.8 Å². The summed E-state index contributed by atoms with van der Waals surface area (Å²) < 4.78 is 1.48. The first-order chi connectivity index (χ1) is 10.3. The molecule has 1 saturated heterocycles. The molecule has 8 nitrogen and oxygen atoms in total. The van der Waals surface area contributed by atoms with Crippen molar-refractivity contribution in [1.82, 2.24) is 30.2 Å². The maximum Gasteiger partial charge on any atom is 0.200 e. The molecule has 3 rings (SSSR count). The maximum atomic E-state index is 5.70. The Bertz CT molecular complexity index is 574. The highest BCUT2D eigenvalue weighted by atomic mass is 15.6. The summed E-state index contributed by atoms with van der Waals surface area (Å²) in [5.41, 5.74) is 6.38. The van der Waals surface area contributed by atoms with E-state index < -0.39 is 0 Å². The first-order valence-corrected chi connectivity index (χ1v) is 7.56. The number of nitrogens with zero attached hydrogens (tertiary/aromatic N) is 7. The van der Waals surface area contributed by atoms with Crippen LogP contribution in [-0.4, -0.2) is 68.9 Å². The van der Waals surface area contributed by atoms with Gasteiger partial charge in [-0.25, -0.2) is 0 Å². The molecule has 2 aromatic heterocycles. The van der Waals surface area contributed by atoms with Gasteiger partial charge < -0.3 is 10.6 Å². The average molecular weight is 290 g/mol. The quantitative estimate of drug-likeness (QED) is 0.813. The van der Waals surface area contributed by atoms with Gasteiger partial charge in [-0.3, -0.25) is 4.90 Å². The van der Waals surface area contributed by atoms with Crippen molar-refractivity contribution in [2.45, 2.75) is 25.8 Å². The molecule has 0 amide bonds. The second-order valence-corrected chi connectivity index (χ2v) is 5.38. The second kappa shape index (κ2) is 6.31. The molecular formula is C13H22N8. The van der Waals surface area contributed by atoms with E-state index in [-0.39, 0.29) is 0 Å². The molecule has 114 valence electrons. The molecule has 1 unspecified atom stereocenters. The number of piperazine rings is 1.